The van der Waals surface area contributed by atoms with Gasteiger partial charge in [0.2, 0.25) is 5.13 Å². The van der Waals surface area contributed by atoms with Gasteiger partial charge in [0, 0.05) is 18.5 Å². The van der Waals surface area contributed by atoms with E-state index in [1.165, 1.54) is 17.4 Å². The first-order valence-corrected chi connectivity index (χ1v) is 11.3. The van der Waals surface area contributed by atoms with Crippen LogP contribution in [0.3, 0.4) is 0 Å². The van der Waals surface area contributed by atoms with Gasteiger partial charge in [-0.05, 0) is 70.6 Å². The first kappa shape index (κ1) is 21.7. The number of nitrogens with zero attached hydrogens (tertiary/aromatic N) is 3. The largest absolute Gasteiger partial charge is 0.444 e. The Labute approximate surface area is 185 Å². The number of carbonyl (C=O) groups excluding carboxylic acids is 2. The minimum absolute atomic E-state index is 0.00244. The molecule has 9 heteroatoms. The molecule has 0 saturated heterocycles. The summed E-state index contributed by atoms with van der Waals surface area (Å²) >= 11 is 1.23. The molecule has 0 aliphatic heterocycles. The summed E-state index contributed by atoms with van der Waals surface area (Å²) in [6.07, 6.45) is 2.72. The van der Waals surface area contributed by atoms with Crippen LogP contribution in [0.1, 0.15) is 66.9 Å². The van der Waals surface area contributed by atoms with Gasteiger partial charge in [-0.15, -0.1) is 10.2 Å². The van der Waals surface area contributed by atoms with Gasteiger partial charge in [0.05, 0.1) is 5.56 Å². The minimum Gasteiger partial charge on any atom is -0.444 e. The molecule has 1 aromatic heterocycles. The second-order valence-electron chi connectivity index (χ2n) is 9.31. The molecule has 0 unspecified atom stereocenters. The Balaban J connectivity index is 1.48. The molecule has 4 rings (SSSR count). The number of benzene rings is 1. The van der Waals surface area contributed by atoms with Gasteiger partial charge in [-0.25, -0.2) is 9.18 Å². The summed E-state index contributed by atoms with van der Waals surface area (Å²) in [5.41, 5.74) is 0.240. The van der Waals surface area contributed by atoms with Gasteiger partial charge >= 0.3 is 6.09 Å². The van der Waals surface area contributed by atoms with Crippen LogP contribution in [0.4, 0.5) is 14.3 Å². The molecule has 0 spiro atoms. The topological polar surface area (TPSA) is 84.4 Å². The molecule has 1 aromatic carbocycles. The van der Waals surface area contributed by atoms with Crippen molar-refractivity contribution in [2.24, 2.45) is 5.92 Å². The van der Waals surface area contributed by atoms with E-state index in [2.05, 4.69) is 15.5 Å². The van der Waals surface area contributed by atoms with E-state index < -0.39 is 17.3 Å². The maximum Gasteiger partial charge on any atom is 0.410 e. The summed E-state index contributed by atoms with van der Waals surface area (Å²) in [5.74, 6) is -0.572. The van der Waals surface area contributed by atoms with E-state index in [1.54, 1.807) is 19.1 Å². The van der Waals surface area contributed by atoms with Crippen molar-refractivity contribution in [3.05, 3.63) is 40.2 Å². The first-order chi connectivity index (χ1) is 14.6. The fourth-order valence-corrected chi connectivity index (χ4v) is 4.17. The molecule has 2 aromatic rings. The number of aryl methyl sites for hydroxylation is 1. The molecular formula is C22H27FN4O3S. The summed E-state index contributed by atoms with van der Waals surface area (Å²) in [7, 11) is 0. The zero-order chi connectivity index (χ0) is 22.3. The van der Waals surface area contributed by atoms with Gasteiger partial charge < -0.3 is 9.64 Å². The van der Waals surface area contributed by atoms with E-state index in [-0.39, 0.29) is 23.6 Å². The molecule has 2 amide bonds. The van der Waals surface area contributed by atoms with Crippen molar-refractivity contribution in [3.63, 3.8) is 0 Å². The van der Waals surface area contributed by atoms with E-state index in [0.29, 0.717) is 22.6 Å². The molecule has 2 atom stereocenters. The second-order valence-corrected chi connectivity index (χ2v) is 10.5. The van der Waals surface area contributed by atoms with E-state index in [9.17, 15) is 14.0 Å². The molecule has 2 fully saturated rings. The molecule has 1 heterocycles. The van der Waals surface area contributed by atoms with Gasteiger partial charge in [-0.1, -0.05) is 17.4 Å². The normalized spacial score (nSPS) is 20.3. The second kappa shape index (κ2) is 8.18. The fraction of sp³-hybridized carbons (Fsp3) is 0.545. The van der Waals surface area contributed by atoms with Gasteiger partial charge in [-0.3, -0.25) is 10.1 Å². The third-order valence-electron chi connectivity index (χ3n) is 5.35. The van der Waals surface area contributed by atoms with Crippen molar-refractivity contribution >= 4 is 28.5 Å². The zero-order valence-corrected chi connectivity index (χ0v) is 19.0. The molecule has 2 aliphatic rings. The SMILES string of the molecule is Cc1nnc(NC(=O)c2cc([C@@H]3C[C@H]3N(CC3CC3)C(=O)OC(C)(C)C)ccc2F)s1. The standard InChI is InChI=1S/C22H27FN4O3S/c1-12-25-26-20(31-12)24-19(28)16-9-14(7-8-17(16)23)15-10-18(15)27(11-13-5-6-13)21(29)30-22(2,3)4/h7-9,13,15,18H,5-6,10-11H2,1-4H3,(H,24,26,28)/t15-,18+/m0/s1. The fourth-order valence-electron chi connectivity index (χ4n) is 3.59. The van der Waals surface area contributed by atoms with Crippen LogP contribution in [0.25, 0.3) is 0 Å². The number of hydrogen-bond donors (Lipinski definition) is 1. The number of ether oxygens (including phenoxy) is 1. The lowest BCUT2D eigenvalue weighted by atomic mass is 10.1. The highest BCUT2D eigenvalue weighted by molar-refractivity contribution is 7.15. The minimum atomic E-state index is -0.596. The Morgan fingerprint density at radius 3 is 2.65 bits per heavy atom. The molecule has 31 heavy (non-hydrogen) atoms. The number of nitrogens with one attached hydrogen (secondary N) is 1. The summed E-state index contributed by atoms with van der Waals surface area (Å²) in [5, 5.41) is 11.3. The Morgan fingerprint density at radius 1 is 1.29 bits per heavy atom. The zero-order valence-electron chi connectivity index (χ0n) is 18.1. The maximum absolute atomic E-state index is 14.4. The van der Waals surface area contributed by atoms with Crippen molar-refractivity contribution in [3.8, 4) is 0 Å². The third kappa shape index (κ3) is 5.39. The molecule has 7 nitrogen and oxygen atoms in total. The average Bonchev–Trinajstić information content (AvgIpc) is 3.58. The quantitative estimate of drug-likeness (QED) is 0.693. The lowest BCUT2D eigenvalue weighted by molar-refractivity contribution is 0.0220. The monoisotopic (exact) mass is 446 g/mol. The lowest BCUT2D eigenvalue weighted by Crippen LogP contribution is -2.40. The van der Waals surface area contributed by atoms with E-state index >= 15 is 0 Å². The Morgan fingerprint density at radius 2 is 2.03 bits per heavy atom. The number of rotatable bonds is 6. The van der Waals surface area contributed by atoms with Crippen LogP contribution in [-0.4, -0.2) is 45.3 Å². The number of amides is 2. The van der Waals surface area contributed by atoms with Crippen LogP contribution >= 0.6 is 11.3 Å². The van der Waals surface area contributed by atoms with Crippen LogP contribution in [-0.2, 0) is 4.74 Å². The van der Waals surface area contributed by atoms with E-state index in [4.69, 9.17) is 4.74 Å². The highest BCUT2D eigenvalue weighted by atomic mass is 32.1. The van der Waals surface area contributed by atoms with E-state index in [1.807, 2.05) is 25.7 Å². The lowest BCUT2D eigenvalue weighted by Gasteiger charge is -2.28. The molecule has 0 radical (unpaired) electrons. The maximum atomic E-state index is 14.4. The Bertz CT molecular complexity index is 999. The Hall–Kier alpha value is -2.55. The number of anilines is 1. The highest BCUT2D eigenvalue weighted by Crippen LogP contribution is 2.47. The highest BCUT2D eigenvalue weighted by Gasteiger charge is 2.47. The molecule has 0 bridgehead atoms. The number of hydrogen-bond acceptors (Lipinski definition) is 6. The van der Waals surface area contributed by atoms with Crippen LogP contribution in [0, 0.1) is 18.7 Å². The van der Waals surface area contributed by atoms with Gasteiger partial charge in [-0.2, -0.15) is 0 Å². The summed E-state index contributed by atoms with van der Waals surface area (Å²) in [4.78, 5) is 27.2. The van der Waals surface area contributed by atoms with E-state index in [0.717, 1.165) is 24.8 Å². The summed E-state index contributed by atoms with van der Waals surface area (Å²) in [6.45, 7) is 8.03. The predicted octanol–water partition coefficient (Wildman–Crippen LogP) is 4.74. The summed E-state index contributed by atoms with van der Waals surface area (Å²) in [6, 6.07) is 4.58. The summed E-state index contributed by atoms with van der Waals surface area (Å²) < 4.78 is 20.0. The van der Waals surface area contributed by atoms with Crippen LogP contribution in [0.5, 0.6) is 0 Å². The third-order valence-corrected chi connectivity index (χ3v) is 6.10. The van der Waals surface area contributed by atoms with Crippen LogP contribution < -0.4 is 5.32 Å². The van der Waals surface area contributed by atoms with Crippen molar-refractivity contribution < 1.29 is 18.7 Å². The predicted molar refractivity (Wildman–Crippen MR) is 116 cm³/mol. The molecule has 2 saturated carbocycles. The van der Waals surface area contributed by atoms with Crippen molar-refractivity contribution in [2.45, 2.75) is 64.5 Å². The van der Waals surface area contributed by atoms with Crippen molar-refractivity contribution in [2.75, 3.05) is 11.9 Å². The van der Waals surface area contributed by atoms with Gasteiger partial charge in [0.1, 0.15) is 16.4 Å². The van der Waals surface area contributed by atoms with Crippen molar-refractivity contribution in [1.82, 2.24) is 15.1 Å². The number of carbonyl (C=O) groups is 2. The Kier molecular flexibility index (Phi) is 5.72. The van der Waals surface area contributed by atoms with Crippen LogP contribution in [0.15, 0.2) is 18.2 Å². The van der Waals surface area contributed by atoms with Crippen molar-refractivity contribution in [1.29, 1.82) is 0 Å². The molecule has 166 valence electrons. The molecular weight excluding hydrogens is 419 g/mol. The molecule has 2 aliphatic carbocycles. The van der Waals surface area contributed by atoms with Gasteiger partial charge in [0.15, 0.2) is 0 Å². The average molecular weight is 447 g/mol. The van der Waals surface area contributed by atoms with Crippen LogP contribution in [0.2, 0.25) is 0 Å². The molecule has 1 N–H and O–H groups in total. The first-order valence-electron chi connectivity index (χ1n) is 10.5. The number of halogens is 1. The smallest absolute Gasteiger partial charge is 0.410 e. The van der Waals surface area contributed by atoms with Gasteiger partial charge in [0.25, 0.3) is 5.91 Å². The number of aromatic nitrogens is 2.